The van der Waals surface area contributed by atoms with Crippen LogP contribution >= 0.6 is 0 Å². The van der Waals surface area contributed by atoms with Crippen molar-refractivity contribution in [2.75, 3.05) is 11.5 Å². The van der Waals surface area contributed by atoms with Gasteiger partial charge in [0, 0.05) is 11.9 Å². The molecule has 1 aliphatic rings. The maximum atomic E-state index is 11.2. The second kappa shape index (κ2) is 4.18. The Hall–Kier alpha value is -1.11. The summed E-state index contributed by atoms with van der Waals surface area (Å²) in [6.07, 6.45) is -0.839. The lowest BCUT2D eigenvalue weighted by atomic mass is 9.90. The van der Waals surface area contributed by atoms with Crippen LogP contribution in [0.4, 0.5) is 0 Å². The largest absolute Gasteiger partial charge is 0.550 e. The maximum absolute atomic E-state index is 11.2. The van der Waals surface area contributed by atoms with Gasteiger partial charge in [-0.05, 0) is 24.7 Å². The smallest absolute Gasteiger partial charge is 0.150 e. The lowest BCUT2D eigenvalue weighted by Crippen LogP contribution is -2.31. The average molecular weight is 234 g/mol. The molecule has 1 rings (SSSR count). The second-order valence-corrected chi connectivity index (χ2v) is 5.90. The Kier molecular flexibility index (Phi) is 3.33. The molecule has 0 aliphatic carbocycles. The molecule has 0 aromatic rings. The van der Waals surface area contributed by atoms with E-state index in [1.165, 1.54) is 0 Å². The first kappa shape index (κ1) is 12.0. The van der Waals surface area contributed by atoms with Gasteiger partial charge in [-0.15, -0.1) is 0 Å². The van der Waals surface area contributed by atoms with Gasteiger partial charge in [-0.1, -0.05) is 0 Å². The highest BCUT2D eigenvalue weighted by Gasteiger charge is 2.37. The van der Waals surface area contributed by atoms with Crippen LogP contribution in [0.2, 0.25) is 0 Å². The number of rotatable bonds is 4. The molecule has 0 aromatic heterocycles. The van der Waals surface area contributed by atoms with E-state index in [1.807, 2.05) is 0 Å². The van der Waals surface area contributed by atoms with Crippen LogP contribution in [0.1, 0.15) is 12.8 Å². The van der Waals surface area contributed by atoms with Gasteiger partial charge in [0.2, 0.25) is 0 Å². The number of carbonyl (C=O) groups is 2. The molecule has 15 heavy (non-hydrogen) atoms. The molecule has 7 heteroatoms. The summed E-state index contributed by atoms with van der Waals surface area (Å²) in [7, 11) is -3.32. The fraction of sp³-hybridized carbons (Fsp3) is 0.750. The summed E-state index contributed by atoms with van der Waals surface area (Å²) in [5.41, 5.74) is 0. The van der Waals surface area contributed by atoms with Gasteiger partial charge >= 0.3 is 0 Å². The number of hydrogen-bond donors (Lipinski definition) is 0. The van der Waals surface area contributed by atoms with E-state index in [2.05, 4.69) is 0 Å². The van der Waals surface area contributed by atoms with Gasteiger partial charge in [0.15, 0.2) is 9.84 Å². The zero-order chi connectivity index (χ0) is 11.6. The summed E-state index contributed by atoms with van der Waals surface area (Å²) in [5, 5.41) is 20.7. The highest BCUT2D eigenvalue weighted by Crippen LogP contribution is 2.30. The predicted octanol–water partition coefficient (Wildman–Crippen LogP) is -3.07. The molecule has 86 valence electrons. The van der Waals surface area contributed by atoms with Crippen LogP contribution in [0.3, 0.4) is 0 Å². The molecule has 1 fully saturated rings. The van der Waals surface area contributed by atoms with Gasteiger partial charge in [0.25, 0.3) is 0 Å². The van der Waals surface area contributed by atoms with Crippen molar-refractivity contribution >= 4 is 21.8 Å². The van der Waals surface area contributed by atoms with Crippen LogP contribution in [-0.4, -0.2) is 31.9 Å². The molecular weight excluding hydrogens is 224 g/mol. The SMILES string of the molecule is O=C([O-])C[C@@H]1CS(=O)(=O)C[C@H]1CC(=O)[O-]. The van der Waals surface area contributed by atoms with Crippen molar-refractivity contribution in [3.8, 4) is 0 Å². The molecule has 0 saturated carbocycles. The fourth-order valence-electron chi connectivity index (χ4n) is 1.87. The molecule has 0 aromatic carbocycles. The first-order valence-corrected chi connectivity index (χ1v) is 6.22. The second-order valence-electron chi connectivity index (χ2n) is 3.75. The number of carboxylic acids is 2. The molecule has 1 saturated heterocycles. The standard InChI is InChI=1S/C8H12O6S/c9-7(10)1-5-3-15(13,14)4-6(5)2-8(11)12/h5-6H,1-4H2,(H,9,10)(H,11,12)/p-2/t5-,6-/m1/s1. The monoisotopic (exact) mass is 234 g/mol. The first-order chi connectivity index (χ1) is 6.80. The molecule has 1 heterocycles. The van der Waals surface area contributed by atoms with Crippen molar-refractivity contribution in [2.45, 2.75) is 12.8 Å². The van der Waals surface area contributed by atoms with E-state index in [0.29, 0.717) is 0 Å². The average Bonchev–Trinajstić information content (AvgIpc) is 2.22. The van der Waals surface area contributed by atoms with Crippen LogP contribution in [0.5, 0.6) is 0 Å². The third kappa shape index (κ3) is 3.50. The molecule has 0 bridgehead atoms. The van der Waals surface area contributed by atoms with E-state index >= 15 is 0 Å². The normalized spacial score (nSPS) is 28.8. The van der Waals surface area contributed by atoms with Crippen LogP contribution in [0, 0.1) is 11.8 Å². The van der Waals surface area contributed by atoms with Crippen molar-refractivity contribution in [3.05, 3.63) is 0 Å². The summed E-state index contributed by atoms with van der Waals surface area (Å²) in [5.74, 6) is -4.62. The first-order valence-electron chi connectivity index (χ1n) is 4.40. The Morgan fingerprint density at radius 3 is 1.60 bits per heavy atom. The number of carboxylic acid groups (broad SMARTS) is 2. The number of carbonyl (C=O) groups excluding carboxylic acids is 2. The summed E-state index contributed by atoms with van der Waals surface area (Å²) in [4.78, 5) is 20.7. The van der Waals surface area contributed by atoms with E-state index in [1.54, 1.807) is 0 Å². The number of hydrogen-bond acceptors (Lipinski definition) is 6. The van der Waals surface area contributed by atoms with Gasteiger partial charge in [0.1, 0.15) is 0 Å². The van der Waals surface area contributed by atoms with Gasteiger partial charge < -0.3 is 19.8 Å². The van der Waals surface area contributed by atoms with Gasteiger partial charge in [-0.25, -0.2) is 8.42 Å². The minimum Gasteiger partial charge on any atom is -0.550 e. The molecule has 0 spiro atoms. The molecule has 6 nitrogen and oxygen atoms in total. The highest BCUT2D eigenvalue weighted by atomic mass is 32.2. The Morgan fingerprint density at radius 2 is 1.33 bits per heavy atom. The summed E-state index contributed by atoms with van der Waals surface area (Å²) >= 11 is 0. The minimum atomic E-state index is -3.32. The van der Waals surface area contributed by atoms with Gasteiger partial charge in [0.05, 0.1) is 11.5 Å². The van der Waals surface area contributed by atoms with Crippen molar-refractivity contribution in [1.29, 1.82) is 0 Å². The van der Waals surface area contributed by atoms with Crippen LogP contribution in [-0.2, 0) is 19.4 Å². The zero-order valence-corrected chi connectivity index (χ0v) is 8.66. The molecule has 0 radical (unpaired) electrons. The molecular formula is C8H10O6S-2. The molecule has 2 atom stereocenters. The molecule has 0 amide bonds. The van der Waals surface area contributed by atoms with E-state index in [9.17, 15) is 28.2 Å². The Labute approximate surface area is 86.8 Å². The fourth-order valence-corrected chi connectivity index (χ4v) is 4.09. The summed E-state index contributed by atoms with van der Waals surface area (Å²) < 4.78 is 22.4. The molecule has 0 N–H and O–H groups in total. The van der Waals surface area contributed by atoms with E-state index < -0.39 is 46.5 Å². The Balaban J connectivity index is 2.74. The minimum absolute atomic E-state index is 0.279. The van der Waals surface area contributed by atoms with Crippen LogP contribution in [0.15, 0.2) is 0 Å². The van der Waals surface area contributed by atoms with E-state index in [4.69, 9.17) is 0 Å². The third-order valence-corrected chi connectivity index (χ3v) is 4.33. The summed E-state index contributed by atoms with van der Waals surface area (Å²) in [6, 6.07) is 0. The molecule has 1 aliphatic heterocycles. The van der Waals surface area contributed by atoms with Crippen molar-refractivity contribution < 1.29 is 28.2 Å². The molecule has 0 unspecified atom stereocenters. The number of aliphatic carboxylic acids is 2. The topological polar surface area (TPSA) is 114 Å². The van der Waals surface area contributed by atoms with Crippen molar-refractivity contribution in [2.24, 2.45) is 11.8 Å². The predicted molar refractivity (Wildman–Crippen MR) is 44.9 cm³/mol. The highest BCUT2D eigenvalue weighted by molar-refractivity contribution is 7.91. The van der Waals surface area contributed by atoms with Crippen LogP contribution in [0.25, 0.3) is 0 Å². The summed E-state index contributed by atoms with van der Waals surface area (Å²) in [6.45, 7) is 0. The quantitative estimate of drug-likeness (QED) is 0.509. The van der Waals surface area contributed by atoms with Gasteiger partial charge in [-0.3, -0.25) is 0 Å². The van der Waals surface area contributed by atoms with Crippen LogP contribution < -0.4 is 10.2 Å². The Bertz CT molecular complexity index is 341. The van der Waals surface area contributed by atoms with E-state index in [0.717, 1.165) is 0 Å². The third-order valence-electron chi connectivity index (χ3n) is 2.46. The Morgan fingerprint density at radius 1 is 1.00 bits per heavy atom. The lowest BCUT2D eigenvalue weighted by Gasteiger charge is -2.18. The van der Waals surface area contributed by atoms with Crippen molar-refractivity contribution in [3.63, 3.8) is 0 Å². The zero-order valence-electron chi connectivity index (χ0n) is 7.84. The van der Waals surface area contributed by atoms with E-state index in [-0.39, 0.29) is 11.5 Å². The van der Waals surface area contributed by atoms with Gasteiger partial charge in [-0.2, -0.15) is 0 Å². The number of sulfone groups is 1. The maximum Gasteiger partial charge on any atom is 0.150 e. The lowest BCUT2D eigenvalue weighted by molar-refractivity contribution is -0.310. The van der Waals surface area contributed by atoms with Crippen molar-refractivity contribution in [1.82, 2.24) is 0 Å².